The van der Waals surface area contributed by atoms with E-state index >= 15 is 0 Å². The molecular formula is C21H22N6O. The first-order valence-corrected chi connectivity index (χ1v) is 9.08. The highest BCUT2D eigenvalue weighted by Gasteiger charge is 2.29. The average Bonchev–Trinajstić information content (AvgIpc) is 3.20. The lowest BCUT2D eigenvalue weighted by Crippen LogP contribution is -2.29. The van der Waals surface area contributed by atoms with E-state index in [0.29, 0.717) is 18.2 Å². The van der Waals surface area contributed by atoms with Gasteiger partial charge in [-0.1, -0.05) is 36.4 Å². The van der Waals surface area contributed by atoms with Crippen molar-refractivity contribution in [3.8, 4) is 0 Å². The van der Waals surface area contributed by atoms with Gasteiger partial charge in [-0.15, -0.1) is 0 Å². The Bertz CT molecular complexity index is 1080. The number of aromatic nitrogens is 2. The van der Waals surface area contributed by atoms with E-state index in [-0.39, 0.29) is 11.9 Å². The monoisotopic (exact) mass is 374 g/mol. The number of nitrogens with zero attached hydrogens (tertiary/aromatic N) is 4. The minimum absolute atomic E-state index is 0.131. The quantitative estimate of drug-likeness (QED) is 0.684. The van der Waals surface area contributed by atoms with E-state index < -0.39 is 0 Å². The van der Waals surface area contributed by atoms with Gasteiger partial charge in [-0.05, 0) is 29.3 Å². The molecule has 2 aromatic carbocycles. The minimum Gasteiger partial charge on any atom is -0.328 e. The summed E-state index contributed by atoms with van der Waals surface area (Å²) in [4.78, 5) is 18.8. The van der Waals surface area contributed by atoms with Gasteiger partial charge in [0.05, 0.1) is 11.6 Å². The molecule has 0 bridgehead atoms. The molecule has 0 saturated carbocycles. The van der Waals surface area contributed by atoms with Gasteiger partial charge < -0.3 is 11.1 Å². The van der Waals surface area contributed by atoms with Gasteiger partial charge in [0.25, 0.3) is 5.91 Å². The molecule has 1 aliphatic heterocycles. The molecule has 0 aliphatic carbocycles. The van der Waals surface area contributed by atoms with Crippen molar-refractivity contribution in [3.63, 3.8) is 0 Å². The zero-order valence-electron chi connectivity index (χ0n) is 15.8. The third kappa shape index (κ3) is 3.39. The number of nitrogens with one attached hydrogen (secondary N) is 1. The fourth-order valence-electron chi connectivity index (χ4n) is 3.26. The Labute approximate surface area is 163 Å². The zero-order chi connectivity index (χ0) is 19.7. The number of nitrogens with two attached hydrogens (primary N) is 1. The van der Waals surface area contributed by atoms with Gasteiger partial charge in [0.2, 0.25) is 5.96 Å². The number of fused-ring (bicyclic) bond motifs is 1. The number of amides is 1. The number of likely N-dealkylation sites (N-methyl/N-ethyl adjacent to an activating group) is 1. The molecule has 0 unspecified atom stereocenters. The van der Waals surface area contributed by atoms with Gasteiger partial charge in [0.1, 0.15) is 5.70 Å². The first-order chi connectivity index (χ1) is 13.5. The van der Waals surface area contributed by atoms with Gasteiger partial charge in [0, 0.05) is 32.2 Å². The summed E-state index contributed by atoms with van der Waals surface area (Å²) in [7, 11) is 3.59. The number of hydrogen-bond donors (Lipinski definition) is 2. The number of hydrogen-bond acceptors (Lipinski definition) is 4. The topological polar surface area (TPSA) is 88.5 Å². The summed E-state index contributed by atoms with van der Waals surface area (Å²) in [5, 5.41) is 8.53. The van der Waals surface area contributed by atoms with E-state index in [9.17, 15) is 4.79 Å². The summed E-state index contributed by atoms with van der Waals surface area (Å²) in [6, 6.07) is 15.5. The first-order valence-electron chi connectivity index (χ1n) is 9.08. The molecule has 1 atom stereocenters. The molecule has 1 aliphatic rings. The second-order valence-corrected chi connectivity index (χ2v) is 6.78. The van der Waals surface area contributed by atoms with Crippen LogP contribution >= 0.6 is 0 Å². The number of carbonyl (C=O) groups excluding carboxylic acids is 1. The van der Waals surface area contributed by atoms with E-state index in [0.717, 1.165) is 22.0 Å². The predicted molar refractivity (Wildman–Crippen MR) is 110 cm³/mol. The van der Waals surface area contributed by atoms with Crippen LogP contribution in [0.1, 0.15) is 17.2 Å². The Morgan fingerprint density at radius 3 is 2.75 bits per heavy atom. The molecule has 4 rings (SSSR count). The van der Waals surface area contributed by atoms with E-state index in [4.69, 9.17) is 5.73 Å². The SMILES string of the molecule is CN1C(=O)/C(=C/c2ccc3nn(C)cc3c2)NC1=N[C@@H](CN)c1ccccc1. The lowest BCUT2D eigenvalue weighted by molar-refractivity contribution is -0.121. The van der Waals surface area contributed by atoms with Crippen molar-refractivity contribution in [2.24, 2.45) is 17.8 Å². The third-order valence-electron chi connectivity index (χ3n) is 4.74. The Kier molecular flexibility index (Phi) is 4.67. The number of rotatable bonds is 4. The number of aliphatic imine (C=N–C) groups is 1. The molecule has 1 fully saturated rings. The van der Waals surface area contributed by atoms with Crippen LogP contribution in [0.2, 0.25) is 0 Å². The normalized spacial score (nSPS) is 18.2. The van der Waals surface area contributed by atoms with Crippen molar-refractivity contribution in [2.45, 2.75) is 6.04 Å². The fraction of sp³-hybridized carbons (Fsp3) is 0.190. The van der Waals surface area contributed by atoms with Crippen molar-refractivity contribution in [1.29, 1.82) is 0 Å². The molecule has 1 amide bonds. The van der Waals surface area contributed by atoms with E-state index in [1.807, 2.05) is 67.9 Å². The van der Waals surface area contributed by atoms with Crippen LogP contribution in [0.15, 0.2) is 65.4 Å². The Balaban J connectivity index is 1.63. The van der Waals surface area contributed by atoms with Gasteiger partial charge >= 0.3 is 0 Å². The molecular weight excluding hydrogens is 352 g/mol. The van der Waals surface area contributed by atoms with Crippen LogP contribution in [0.5, 0.6) is 0 Å². The fourth-order valence-corrected chi connectivity index (χ4v) is 3.26. The lowest BCUT2D eigenvalue weighted by Gasteiger charge is -2.14. The summed E-state index contributed by atoms with van der Waals surface area (Å²) >= 11 is 0. The van der Waals surface area contributed by atoms with Crippen molar-refractivity contribution < 1.29 is 4.79 Å². The highest BCUT2D eigenvalue weighted by molar-refractivity contribution is 6.15. The number of guanidine groups is 1. The molecule has 28 heavy (non-hydrogen) atoms. The Morgan fingerprint density at radius 2 is 2.00 bits per heavy atom. The number of aryl methyl sites for hydroxylation is 1. The van der Waals surface area contributed by atoms with Gasteiger partial charge in [-0.3, -0.25) is 14.4 Å². The highest BCUT2D eigenvalue weighted by Crippen LogP contribution is 2.20. The van der Waals surface area contributed by atoms with Crippen LogP contribution < -0.4 is 11.1 Å². The second-order valence-electron chi connectivity index (χ2n) is 6.78. The molecule has 142 valence electrons. The summed E-state index contributed by atoms with van der Waals surface area (Å²) in [5.74, 6) is 0.367. The van der Waals surface area contributed by atoms with Crippen LogP contribution in [0, 0.1) is 0 Å². The maximum Gasteiger partial charge on any atom is 0.276 e. The van der Waals surface area contributed by atoms with Crippen LogP contribution in [0.25, 0.3) is 17.0 Å². The van der Waals surface area contributed by atoms with Crippen molar-refractivity contribution in [1.82, 2.24) is 20.0 Å². The average molecular weight is 374 g/mol. The molecule has 1 aromatic heterocycles. The largest absolute Gasteiger partial charge is 0.328 e. The highest BCUT2D eigenvalue weighted by atomic mass is 16.2. The standard InChI is InChI=1S/C21H22N6O/c1-26-13-16-10-14(8-9-17(16)25-26)11-18-20(28)27(2)21(23-18)24-19(12-22)15-6-4-3-5-7-15/h3-11,13,19H,12,22H2,1-2H3,(H,23,24)/b18-11-/t19-/m0/s1. The van der Waals surface area contributed by atoms with Crippen LogP contribution in [0.4, 0.5) is 0 Å². The van der Waals surface area contributed by atoms with Gasteiger partial charge in [0.15, 0.2) is 0 Å². The summed E-state index contributed by atoms with van der Waals surface area (Å²) in [5.41, 5.74) is 9.25. The predicted octanol–water partition coefficient (Wildman–Crippen LogP) is 2.03. The zero-order valence-corrected chi connectivity index (χ0v) is 15.8. The maximum absolute atomic E-state index is 12.7. The molecule has 3 aromatic rings. The summed E-state index contributed by atoms with van der Waals surface area (Å²) < 4.78 is 1.77. The van der Waals surface area contributed by atoms with E-state index in [1.165, 1.54) is 4.90 Å². The van der Waals surface area contributed by atoms with Crippen LogP contribution in [-0.2, 0) is 11.8 Å². The molecule has 7 heteroatoms. The summed E-state index contributed by atoms with van der Waals surface area (Å²) in [6.45, 7) is 0.355. The van der Waals surface area contributed by atoms with Crippen molar-refractivity contribution in [2.75, 3.05) is 13.6 Å². The van der Waals surface area contributed by atoms with Gasteiger partial charge in [-0.2, -0.15) is 5.10 Å². The Hall–Kier alpha value is -3.45. The first kappa shape index (κ1) is 17.9. The Morgan fingerprint density at radius 1 is 1.21 bits per heavy atom. The van der Waals surface area contributed by atoms with E-state index in [1.54, 1.807) is 11.7 Å². The number of carbonyl (C=O) groups is 1. The van der Waals surface area contributed by atoms with Crippen LogP contribution in [0.3, 0.4) is 0 Å². The second kappa shape index (κ2) is 7.28. The van der Waals surface area contributed by atoms with Gasteiger partial charge in [-0.25, -0.2) is 4.99 Å². The maximum atomic E-state index is 12.7. The van der Waals surface area contributed by atoms with Crippen LogP contribution in [-0.4, -0.2) is 40.1 Å². The minimum atomic E-state index is -0.218. The van der Waals surface area contributed by atoms with E-state index in [2.05, 4.69) is 15.4 Å². The molecule has 1 saturated heterocycles. The molecule has 7 nitrogen and oxygen atoms in total. The summed E-state index contributed by atoms with van der Waals surface area (Å²) in [6.07, 6.45) is 3.78. The van der Waals surface area contributed by atoms with Crippen molar-refractivity contribution in [3.05, 3.63) is 71.6 Å². The smallest absolute Gasteiger partial charge is 0.276 e. The number of benzene rings is 2. The third-order valence-corrected chi connectivity index (χ3v) is 4.74. The lowest BCUT2D eigenvalue weighted by atomic mass is 10.1. The molecule has 0 spiro atoms. The molecule has 3 N–H and O–H groups in total. The molecule has 0 radical (unpaired) electrons. The van der Waals surface area contributed by atoms with Crippen molar-refractivity contribution >= 4 is 28.8 Å². The molecule has 2 heterocycles.